The Morgan fingerprint density at radius 2 is 1.94 bits per heavy atom. The number of piperidine rings is 1. The van der Waals surface area contributed by atoms with Crippen molar-refractivity contribution in [2.45, 2.75) is 65.5 Å². The molecule has 0 aromatic rings. The molecule has 1 unspecified atom stereocenters. The molecule has 0 aromatic heterocycles. The van der Waals surface area contributed by atoms with Crippen molar-refractivity contribution < 1.29 is 14.6 Å². The van der Waals surface area contributed by atoms with E-state index in [1.165, 1.54) is 6.42 Å². The molecule has 1 amide bonds. The molecular formula is C13H27NO3. The van der Waals surface area contributed by atoms with Crippen LogP contribution in [-0.4, -0.2) is 40.9 Å². The normalized spacial score (nSPS) is 20.4. The van der Waals surface area contributed by atoms with Crippen molar-refractivity contribution in [2.75, 3.05) is 13.2 Å². The Morgan fingerprint density at radius 3 is 2.35 bits per heavy atom. The van der Waals surface area contributed by atoms with Crippen molar-refractivity contribution in [1.82, 2.24) is 4.90 Å². The van der Waals surface area contributed by atoms with E-state index in [0.29, 0.717) is 6.04 Å². The second-order valence-corrected chi connectivity index (χ2v) is 5.33. The molecule has 102 valence electrons. The summed E-state index contributed by atoms with van der Waals surface area (Å²) >= 11 is 0. The molecule has 0 saturated carbocycles. The summed E-state index contributed by atoms with van der Waals surface area (Å²) in [6.07, 6.45) is 3.26. The third-order valence-electron chi connectivity index (χ3n) is 2.43. The molecule has 0 aliphatic carbocycles. The molecule has 1 heterocycles. The first-order valence-electron chi connectivity index (χ1n) is 6.42. The van der Waals surface area contributed by atoms with E-state index in [1.54, 1.807) is 6.92 Å². The minimum Gasteiger partial charge on any atom is -0.444 e. The highest BCUT2D eigenvalue weighted by Crippen LogP contribution is 2.19. The van der Waals surface area contributed by atoms with Crippen molar-refractivity contribution in [3.63, 3.8) is 0 Å². The monoisotopic (exact) mass is 245 g/mol. The van der Waals surface area contributed by atoms with Crippen LogP contribution in [0.1, 0.15) is 53.9 Å². The van der Waals surface area contributed by atoms with E-state index in [2.05, 4.69) is 6.92 Å². The van der Waals surface area contributed by atoms with Crippen LogP contribution in [0.2, 0.25) is 0 Å². The predicted octanol–water partition coefficient (Wildman–Crippen LogP) is 2.79. The van der Waals surface area contributed by atoms with Crippen molar-refractivity contribution in [1.29, 1.82) is 0 Å². The summed E-state index contributed by atoms with van der Waals surface area (Å²) in [7, 11) is 0. The Morgan fingerprint density at radius 1 is 1.41 bits per heavy atom. The molecule has 1 fully saturated rings. The Kier molecular flexibility index (Phi) is 7.19. The van der Waals surface area contributed by atoms with Crippen LogP contribution in [0.5, 0.6) is 0 Å². The van der Waals surface area contributed by atoms with Gasteiger partial charge in [0, 0.05) is 19.2 Å². The van der Waals surface area contributed by atoms with Crippen LogP contribution in [-0.2, 0) is 4.74 Å². The number of aliphatic hydroxyl groups excluding tert-OH is 1. The lowest BCUT2D eigenvalue weighted by Crippen LogP contribution is -2.44. The topological polar surface area (TPSA) is 49.8 Å². The predicted molar refractivity (Wildman–Crippen MR) is 69.0 cm³/mol. The highest BCUT2D eigenvalue weighted by atomic mass is 16.6. The molecule has 17 heavy (non-hydrogen) atoms. The second-order valence-electron chi connectivity index (χ2n) is 5.33. The average molecular weight is 245 g/mol. The molecule has 1 rings (SSSR count). The molecule has 1 saturated heterocycles. The first-order valence-corrected chi connectivity index (χ1v) is 6.42. The number of hydrogen-bond donors (Lipinski definition) is 1. The second kappa shape index (κ2) is 7.54. The molecular weight excluding hydrogens is 218 g/mol. The highest BCUT2D eigenvalue weighted by Gasteiger charge is 2.27. The fraction of sp³-hybridized carbons (Fsp3) is 0.923. The zero-order valence-electron chi connectivity index (χ0n) is 11.8. The van der Waals surface area contributed by atoms with Crippen LogP contribution in [0, 0.1) is 0 Å². The molecule has 0 radical (unpaired) electrons. The smallest absolute Gasteiger partial charge is 0.410 e. The maximum absolute atomic E-state index is 11.7. The van der Waals surface area contributed by atoms with Crippen LogP contribution in [0.3, 0.4) is 0 Å². The fourth-order valence-corrected chi connectivity index (χ4v) is 1.69. The lowest BCUT2D eigenvalue weighted by atomic mass is 10.0. The molecule has 4 heteroatoms. The molecule has 1 aliphatic heterocycles. The standard InChI is InChI=1S/C11H21NO2.C2H6O/c1-9-7-5-6-8-12(9)10(13)14-11(2,3)4;1-2-3/h9H,5-8H2,1-4H3;3H,2H2,1H3. The number of hydrogen-bond acceptors (Lipinski definition) is 3. The van der Waals surface area contributed by atoms with Crippen LogP contribution < -0.4 is 0 Å². The number of nitrogens with zero attached hydrogens (tertiary/aromatic N) is 1. The van der Waals surface area contributed by atoms with E-state index in [-0.39, 0.29) is 18.3 Å². The summed E-state index contributed by atoms with van der Waals surface area (Å²) in [5.41, 5.74) is -0.381. The van der Waals surface area contributed by atoms with Crippen molar-refractivity contribution >= 4 is 6.09 Å². The molecule has 4 nitrogen and oxygen atoms in total. The summed E-state index contributed by atoms with van der Waals surface area (Å²) < 4.78 is 5.33. The van der Waals surface area contributed by atoms with E-state index in [4.69, 9.17) is 9.84 Å². The van der Waals surface area contributed by atoms with Crippen LogP contribution in [0.15, 0.2) is 0 Å². The van der Waals surface area contributed by atoms with Crippen molar-refractivity contribution in [2.24, 2.45) is 0 Å². The van der Waals surface area contributed by atoms with Gasteiger partial charge in [-0.3, -0.25) is 0 Å². The number of likely N-dealkylation sites (tertiary alicyclic amines) is 1. The van der Waals surface area contributed by atoms with E-state index >= 15 is 0 Å². The van der Waals surface area contributed by atoms with E-state index < -0.39 is 0 Å². The van der Waals surface area contributed by atoms with Gasteiger partial charge < -0.3 is 14.7 Å². The minimum absolute atomic E-state index is 0.162. The van der Waals surface area contributed by atoms with Gasteiger partial charge in [0.25, 0.3) is 0 Å². The van der Waals surface area contributed by atoms with Crippen LogP contribution in [0.25, 0.3) is 0 Å². The van der Waals surface area contributed by atoms with E-state index in [0.717, 1.165) is 19.4 Å². The summed E-state index contributed by atoms with van der Waals surface area (Å²) in [6.45, 7) is 10.6. The van der Waals surface area contributed by atoms with Gasteiger partial charge >= 0.3 is 6.09 Å². The van der Waals surface area contributed by atoms with Gasteiger partial charge in [0.1, 0.15) is 5.60 Å². The number of rotatable bonds is 0. The molecule has 0 bridgehead atoms. The maximum Gasteiger partial charge on any atom is 0.410 e. The zero-order valence-corrected chi connectivity index (χ0v) is 11.8. The van der Waals surface area contributed by atoms with E-state index in [9.17, 15) is 4.79 Å². The Labute approximate surface area is 105 Å². The van der Waals surface area contributed by atoms with Crippen LogP contribution >= 0.6 is 0 Å². The first-order chi connectivity index (χ1) is 7.81. The number of ether oxygens (including phenoxy) is 1. The van der Waals surface area contributed by atoms with Gasteiger partial charge in [0.05, 0.1) is 0 Å². The van der Waals surface area contributed by atoms with Gasteiger partial charge in [-0.2, -0.15) is 0 Å². The molecule has 1 aliphatic rings. The summed E-state index contributed by atoms with van der Waals surface area (Å²) in [6, 6.07) is 0.332. The Hall–Kier alpha value is -0.770. The van der Waals surface area contributed by atoms with Gasteiger partial charge in [0.15, 0.2) is 0 Å². The number of amides is 1. The Balaban J connectivity index is 0.000000770. The quantitative estimate of drug-likeness (QED) is 0.714. The van der Waals surface area contributed by atoms with Gasteiger partial charge in [-0.1, -0.05) is 0 Å². The maximum atomic E-state index is 11.7. The number of carbonyl (C=O) groups is 1. The van der Waals surface area contributed by atoms with Gasteiger partial charge in [0.2, 0.25) is 0 Å². The summed E-state index contributed by atoms with van der Waals surface area (Å²) in [4.78, 5) is 13.6. The highest BCUT2D eigenvalue weighted by molar-refractivity contribution is 5.68. The molecule has 0 aromatic carbocycles. The minimum atomic E-state index is -0.381. The molecule has 1 N–H and O–H groups in total. The Bertz CT molecular complexity index is 223. The summed E-state index contributed by atoms with van der Waals surface area (Å²) in [5.74, 6) is 0. The van der Waals surface area contributed by atoms with Gasteiger partial charge in [-0.25, -0.2) is 4.79 Å². The SMILES string of the molecule is CC1CCCCN1C(=O)OC(C)(C)C.CCO. The van der Waals surface area contributed by atoms with Gasteiger partial charge in [-0.05, 0) is 53.9 Å². The lowest BCUT2D eigenvalue weighted by molar-refractivity contribution is 0.0121. The average Bonchev–Trinajstić information content (AvgIpc) is 2.16. The van der Waals surface area contributed by atoms with Crippen LogP contribution in [0.4, 0.5) is 4.79 Å². The summed E-state index contributed by atoms with van der Waals surface area (Å²) in [5, 5.41) is 7.57. The third kappa shape index (κ3) is 7.21. The number of carbonyl (C=O) groups excluding carboxylic acids is 1. The fourth-order valence-electron chi connectivity index (χ4n) is 1.69. The lowest BCUT2D eigenvalue weighted by Gasteiger charge is -2.34. The van der Waals surface area contributed by atoms with Crippen molar-refractivity contribution in [3.05, 3.63) is 0 Å². The molecule has 0 spiro atoms. The van der Waals surface area contributed by atoms with E-state index in [1.807, 2.05) is 25.7 Å². The van der Waals surface area contributed by atoms with Crippen molar-refractivity contribution in [3.8, 4) is 0 Å². The zero-order chi connectivity index (χ0) is 13.5. The molecule has 1 atom stereocenters. The first kappa shape index (κ1) is 16.2. The number of aliphatic hydroxyl groups is 1. The third-order valence-corrected chi connectivity index (χ3v) is 2.43. The van der Waals surface area contributed by atoms with Gasteiger partial charge in [-0.15, -0.1) is 0 Å². The largest absolute Gasteiger partial charge is 0.444 e.